The van der Waals surface area contributed by atoms with Gasteiger partial charge in [0.2, 0.25) is 0 Å². The van der Waals surface area contributed by atoms with Gasteiger partial charge < -0.3 is 9.15 Å². The summed E-state index contributed by atoms with van der Waals surface area (Å²) in [6.45, 7) is 4.26. The molecule has 0 spiro atoms. The van der Waals surface area contributed by atoms with Gasteiger partial charge in [0, 0.05) is 6.21 Å². The summed E-state index contributed by atoms with van der Waals surface area (Å²) in [5.74, 6) is 1.59. The van der Waals surface area contributed by atoms with Gasteiger partial charge in [-0.05, 0) is 54.3 Å². The fourth-order valence-electron chi connectivity index (χ4n) is 1.99. The first-order chi connectivity index (χ1) is 11.7. The molecule has 0 aliphatic heterocycles. The number of carbonyl (C=O) groups is 1. The van der Waals surface area contributed by atoms with Gasteiger partial charge in [0.25, 0.3) is 5.91 Å². The lowest BCUT2D eigenvalue weighted by Crippen LogP contribution is -2.24. The highest BCUT2D eigenvalue weighted by Crippen LogP contribution is 2.21. The highest BCUT2D eigenvalue weighted by molar-refractivity contribution is 5.81. The van der Waals surface area contributed by atoms with Crippen molar-refractivity contribution >= 4 is 18.2 Å². The predicted octanol–water partition coefficient (Wildman–Crippen LogP) is 3.99. The monoisotopic (exact) mass is 326 g/mol. The first kappa shape index (κ1) is 17.5. The maximum absolute atomic E-state index is 11.6. The SMILES string of the molecule is CC[C@@H](C)c1ccc(OCC(=O)N/N=C\C=C\c2ccco2)cc1. The zero-order chi connectivity index (χ0) is 17.2. The molecule has 0 saturated heterocycles. The Morgan fingerprint density at radius 1 is 1.33 bits per heavy atom. The van der Waals surface area contributed by atoms with E-state index in [0.717, 1.165) is 12.2 Å². The molecule has 5 nitrogen and oxygen atoms in total. The fourth-order valence-corrected chi connectivity index (χ4v) is 1.99. The minimum Gasteiger partial charge on any atom is -0.484 e. The highest BCUT2D eigenvalue weighted by atomic mass is 16.5. The van der Waals surface area contributed by atoms with Crippen molar-refractivity contribution in [1.82, 2.24) is 5.43 Å². The molecule has 0 radical (unpaired) electrons. The molecular formula is C19H22N2O3. The number of nitrogens with one attached hydrogen (secondary N) is 1. The van der Waals surface area contributed by atoms with E-state index in [9.17, 15) is 4.79 Å². The Labute approximate surface area is 142 Å². The molecule has 0 aliphatic carbocycles. The fraction of sp³-hybridized carbons (Fsp3) is 0.263. The van der Waals surface area contributed by atoms with Crippen molar-refractivity contribution in [2.24, 2.45) is 5.10 Å². The van der Waals surface area contributed by atoms with Crippen LogP contribution in [0.15, 0.2) is 58.3 Å². The molecule has 1 heterocycles. The van der Waals surface area contributed by atoms with Gasteiger partial charge in [-0.2, -0.15) is 5.10 Å². The van der Waals surface area contributed by atoms with Gasteiger partial charge in [-0.15, -0.1) is 0 Å². The van der Waals surface area contributed by atoms with E-state index < -0.39 is 0 Å². The van der Waals surface area contributed by atoms with Crippen LogP contribution in [0, 0.1) is 0 Å². The van der Waals surface area contributed by atoms with Gasteiger partial charge >= 0.3 is 0 Å². The number of hydrogen-bond donors (Lipinski definition) is 1. The van der Waals surface area contributed by atoms with E-state index >= 15 is 0 Å². The maximum atomic E-state index is 11.6. The topological polar surface area (TPSA) is 63.8 Å². The second kappa shape index (κ2) is 9.35. The number of hydrazone groups is 1. The minimum atomic E-state index is -0.316. The molecule has 0 saturated carbocycles. The van der Waals surface area contributed by atoms with Crippen LogP contribution in [0.4, 0.5) is 0 Å². The molecule has 5 heteroatoms. The number of hydrogen-bond acceptors (Lipinski definition) is 4. The van der Waals surface area contributed by atoms with Gasteiger partial charge in [-0.25, -0.2) is 5.43 Å². The Bertz CT molecular complexity index is 673. The van der Waals surface area contributed by atoms with Crippen LogP contribution in [0.2, 0.25) is 0 Å². The van der Waals surface area contributed by atoms with E-state index in [4.69, 9.17) is 9.15 Å². The van der Waals surface area contributed by atoms with Crippen molar-refractivity contribution in [3.8, 4) is 5.75 Å². The summed E-state index contributed by atoms with van der Waals surface area (Å²) in [4.78, 5) is 11.6. The molecule has 0 unspecified atom stereocenters. The lowest BCUT2D eigenvalue weighted by Gasteiger charge is -2.10. The van der Waals surface area contributed by atoms with Crippen molar-refractivity contribution in [3.63, 3.8) is 0 Å². The molecule has 0 bridgehead atoms. The van der Waals surface area contributed by atoms with E-state index in [1.165, 1.54) is 11.8 Å². The second-order valence-corrected chi connectivity index (χ2v) is 5.35. The van der Waals surface area contributed by atoms with Crippen LogP contribution in [0.3, 0.4) is 0 Å². The molecule has 24 heavy (non-hydrogen) atoms. The Kier molecular flexibility index (Phi) is 6.83. The normalized spacial score (nSPS) is 12.6. The van der Waals surface area contributed by atoms with E-state index in [0.29, 0.717) is 11.7 Å². The number of carbonyl (C=O) groups excluding carboxylic acids is 1. The van der Waals surface area contributed by atoms with Crippen LogP contribution >= 0.6 is 0 Å². The molecule has 1 aromatic heterocycles. The zero-order valence-electron chi connectivity index (χ0n) is 13.9. The van der Waals surface area contributed by atoms with Crippen LogP contribution in [0.5, 0.6) is 5.75 Å². The van der Waals surface area contributed by atoms with Crippen LogP contribution < -0.4 is 10.2 Å². The first-order valence-electron chi connectivity index (χ1n) is 7.94. The lowest BCUT2D eigenvalue weighted by molar-refractivity contribution is -0.123. The molecule has 1 N–H and O–H groups in total. The molecule has 1 amide bonds. The maximum Gasteiger partial charge on any atom is 0.277 e. The number of ether oxygens (including phenoxy) is 1. The summed E-state index contributed by atoms with van der Waals surface area (Å²) in [6, 6.07) is 11.4. The van der Waals surface area contributed by atoms with Crippen LogP contribution in [0.25, 0.3) is 6.08 Å². The lowest BCUT2D eigenvalue weighted by atomic mass is 9.99. The van der Waals surface area contributed by atoms with Crippen LogP contribution in [0.1, 0.15) is 37.5 Å². The smallest absolute Gasteiger partial charge is 0.277 e. The minimum absolute atomic E-state index is 0.0814. The van der Waals surface area contributed by atoms with Gasteiger partial charge in [0.05, 0.1) is 6.26 Å². The zero-order valence-corrected chi connectivity index (χ0v) is 13.9. The van der Waals surface area contributed by atoms with Gasteiger partial charge in [-0.3, -0.25) is 4.79 Å². The van der Waals surface area contributed by atoms with E-state index in [2.05, 4.69) is 24.4 Å². The quantitative estimate of drug-likeness (QED) is 0.589. The Balaban J connectivity index is 1.71. The Morgan fingerprint density at radius 2 is 2.12 bits per heavy atom. The molecular weight excluding hydrogens is 304 g/mol. The highest BCUT2D eigenvalue weighted by Gasteiger charge is 2.04. The summed E-state index contributed by atoms with van der Waals surface area (Å²) in [7, 11) is 0. The van der Waals surface area contributed by atoms with Crippen molar-refractivity contribution in [2.75, 3.05) is 6.61 Å². The third-order valence-electron chi connectivity index (χ3n) is 3.58. The molecule has 0 aliphatic rings. The van der Waals surface area contributed by atoms with E-state index in [1.807, 2.05) is 30.3 Å². The van der Waals surface area contributed by atoms with Crippen LogP contribution in [-0.4, -0.2) is 18.7 Å². The third kappa shape index (κ3) is 5.76. The van der Waals surface area contributed by atoms with Crippen molar-refractivity contribution in [2.45, 2.75) is 26.2 Å². The second-order valence-electron chi connectivity index (χ2n) is 5.35. The number of allylic oxidation sites excluding steroid dienone is 1. The van der Waals surface area contributed by atoms with Gasteiger partial charge in [0.1, 0.15) is 11.5 Å². The summed E-state index contributed by atoms with van der Waals surface area (Å²) >= 11 is 0. The number of nitrogens with zero attached hydrogens (tertiary/aromatic N) is 1. The third-order valence-corrected chi connectivity index (χ3v) is 3.58. The summed E-state index contributed by atoms with van der Waals surface area (Å²) in [5.41, 5.74) is 3.66. The number of furan rings is 1. The molecule has 1 atom stereocenters. The molecule has 1 aromatic carbocycles. The Hall–Kier alpha value is -2.82. The molecule has 0 fully saturated rings. The summed E-state index contributed by atoms with van der Waals surface area (Å²) in [6.07, 6.45) is 7.57. The van der Waals surface area contributed by atoms with Crippen molar-refractivity contribution in [3.05, 3.63) is 60.1 Å². The van der Waals surface area contributed by atoms with E-state index in [1.54, 1.807) is 24.5 Å². The largest absolute Gasteiger partial charge is 0.484 e. The Morgan fingerprint density at radius 3 is 2.79 bits per heavy atom. The summed E-state index contributed by atoms with van der Waals surface area (Å²) < 4.78 is 10.6. The molecule has 126 valence electrons. The number of amides is 1. The van der Waals surface area contributed by atoms with Crippen molar-refractivity contribution < 1.29 is 13.9 Å². The van der Waals surface area contributed by atoms with Gasteiger partial charge in [0.15, 0.2) is 6.61 Å². The van der Waals surface area contributed by atoms with E-state index in [-0.39, 0.29) is 12.5 Å². The van der Waals surface area contributed by atoms with Crippen LogP contribution in [-0.2, 0) is 4.79 Å². The standard InChI is InChI=1S/C19H22N2O3/c1-3-15(2)16-8-10-18(11-9-16)24-14-19(22)21-20-12-4-6-17-7-5-13-23-17/h4-13,15H,3,14H2,1-2H3,(H,21,22)/b6-4+,20-12-/t15-/m1/s1. The van der Waals surface area contributed by atoms with Crippen molar-refractivity contribution in [1.29, 1.82) is 0 Å². The summed E-state index contributed by atoms with van der Waals surface area (Å²) in [5, 5.41) is 3.80. The van der Waals surface area contributed by atoms with Gasteiger partial charge in [-0.1, -0.05) is 26.0 Å². The number of benzene rings is 1. The molecule has 2 aromatic rings. The molecule has 2 rings (SSSR count). The number of rotatable bonds is 8. The first-order valence-corrected chi connectivity index (χ1v) is 7.94. The average Bonchev–Trinajstić information content (AvgIpc) is 3.13. The predicted molar refractivity (Wildman–Crippen MR) is 95.0 cm³/mol. The average molecular weight is 326 g/mol.